The third-order valence-electron chi connectivity index (χ3n) is 1.93. The van der Waals surface area contributed by atoms with Gasteiger partial charge in [-0.25, -0.2) is 5.01 Å². The highest BCUT2D eigenvalue weighted by molar-refractivity contribution is 5.57. The maximum atomic E-state index is 7.06. The summed E-state index contributed by atoms with van der Waals surface area (Å²) in [6.07, 6.45) is 3.08. The third-order valence-corrected chi connectivity index (χ3v) is 1.93. The van der Waals surface area contributed by atoms with Crippen molar-refractivity contribution in [2.24, 2.45) is 5.92 Å². The summed E-state index contributed by atoms with van der Waals surface area (Å²) in [5, 5.41) is 8.99. The van der Waals surface area contributed by atoms with Crippen molar-refractivity contribution in [2.75, 3.05) is 7.05 Å². The van der Waals surface area contributed by atoms with Crippen molar-refractivity contribution in [3.05, 3.63) is 12.8 Å². The highest BCUT2D eigenvalue weighted by Crippen LogP contribution is 2.03. The van der Waals surface area contributed by atoms with Gasteiger partial charge in [-0.3, -0.25) is 0 Å². The van der Waals surface area contributed by atoms with Crippen molar-refractivity contribution in [3.63, 3.8) is 0 Å². The van der Waals surface area contributed by atoms with Gasteiger partial charge in [0.15, 0.2) is 0 Å². The molecule has 0 radical (unpaired) electrons. The highest BCUT2D eigenvalue weighted by atomic mass is 15.5. The summed E-state index contributed by atoms with van der Waals surface area (Å²) >= 11 is 0. The molecular weight excluding hydrogens is 138 g/mol. The van der Waals surface area contributed by atoms with Crippen LogP contribution >= 0.6 is 0 Å². The van der Waals surface area contributed by atoms with Crippen molar-refractivity contribution in [1.82, 2.24) is 10.4 Å². The largest absolute Gasteiger partial charge is 0.327 e. The second-order valence-electron chi connectivity index (χ2n) is 2.71. The van der Waals surface area contributed by atoms with E-state index in [4.69, 9.17) is 5.41 Å². The predicted octanol–water partition coefficient (Wildman–Crippen LogP) is 1.24. The summed E-state index contributed by atoms with van der Waals surface area (Å²) in [6, 6.07) is 0.311. The summed E-state index contributed by atoms with van der Waals surface area (Å²) in [6.45, 7) is 7.63. The van der Waals surface area contributed by atoms with Crippen LogP contribution in [0.2, 0.25) is 0 Å². The van der Waals surface area contributed by atoms with E-state index in [2.05, 4.69) is 18.9 Å². The molecule has 64 valence electrons. The number of hydrogen-bond acceptors (Lipinski definition) is 3. The fourth-order valence-corrected chi connectivity index (χ4v) is 0.754. The van der Waals surface area contributed by atoms with Crippen molar-refractivity contribution in [3.8, 4) is 0 Å². The molecule has 0 saturated heterocycles. The normalized spacial score (nSPS) is 15.6. The average molecular weight is 155 g/mol. The number of rotatable bonds is 5. The molecule has 0 heterocycles. The summed E-state index contributed by atoms with van der Waals surface area (Å²) < 4.78 is 0. The SMILES string of the molecule is C=CNN(C)C(C)C(C)C=N. The molecule has 0 fully saturated rings. The van der Waals surface area contributed by atoms with Gasteiger partial charge in [0.05, 0.1) is 0 Å². The van der Waals surface area contributed by atoms with Crippen molar-refractivity contribution < 1.29 is 0 Å². The predicted molar refractivity (Wildman–Crippen MR) is 48.5 cm³/mol. The van der Waals surface area contributed by atoms with Crippen LogP contribution in [0.4, 0.5) is 0 Å². The van der Waals surface area contributed by atoms with E-state index in [0.29, 0.717) is 6.04 Å². The lowest BCUT2D eigenvalue weighted by molar-refractivity contribution is 0.184. The van der Waals surface area contributed by atoms with Gasteiger partial charge in [-0.2, -0.15) is 0 Å². The van der Waals surface area contributed by atoms with Gasteiger partial charge in [0.1, 0.15) is 0 Å². The Hall–Kier alpha value is -0.830. The minimum absolute atomic E-state index is 0.257. The minimum atomic E-state index is 0.257. The topological polar surface area (TPSA) is 39.1 Å². The fraction of sp³-hybridized carbons (Fsp3) is 0.625. The number of hydrogen-bond donors (Lipinski definition) is 2. The first-order valence-electron chi connectivity index (χ1n) is 3.74. The van der Waals surface area contributed by atoms with Crippen LogP contribution in [-0.4, -0.2) is 24.3 Å². The van der Waals surface area contributed by atoms with Crippen LogP contribution in [0.1, 0.15) is 13.8 Å². The average Bonchev–Trinajstić information content (AvgIpc) is 2.02. The van der Waals surface area contributed by atoms with Gasteiger partial charge in [-0.1, -0.05) is 13.5 Å². The van der Waals surface area contributed by atoms with Crippen LogP contribution in [0.15, 0.2) is 12.8 Å². The molecule has 11 heavy (non-hydrogen) atoms. The molecule has 0 spiro atoms. The molecule has 3 nitrogen and oxygen atoms in total. The zero-order valence-electron chi connectivity index (χ0n) is 7.46. The zero-order chi connectivity index (χ0) is 8.85. The number of hydrazine groups is 1. The van der Waals surface area contributed by atoms with E-state index in [1.54, 1.807) is 6.20 Å². The van der Waals surface area contributed by atoms with Gasteiger partial charge in [0.25, 0.3) is 0 Å². The second-order valence-corrected chi connectivity index (χ2v) is 2.71. The molecule has 0 aromatic rings. The molecule has 0 amide bonds. The molecule has 0 aliphatic rings. The molecule has 2 unspecified atom stereocenters. The van der Waals surface area contributed by atoms with Gasteiger partial charge in [0, 0.05) is 25.2 Å². The molecule has 0 saturated carbocycles. The number of nitrogens with one attached hydrogen (secondary N) is 2. The smallest absolute Gasteiger partial charge is 0.0334 e. The first kappa shape index (κ1) is 10.2. The lowest BCUT2D eigenvalue weighted by Crippen LogP contribution is -2.41. The van der Waals surface area contributed by atoms with Gasteiger partial charge < -0.3 is 10.8 Å². The van der Waals surface area contributed by atoms with E-state index < -0.39 is 0 Å². The second kappa shape index (κ2) is 4.91. The molecular formula is C8H17N3. The van der Waals surface area contributed by atoms with Crippen molar-refractivity contribution in [2.45, 2.75) is 19.9 Å². The Morgan fingerprint density at radius 1 is 1.55 bits per heavy atom. The molecule has 2 N–H and O–H groups in total. The van der Waals surface area contributed by atoms with E-state index in [9.17, 15) is 0 Å². The Kier molecular flexibility index (Phi) is 4.54. The van der Waals surface area contributed by atoms with Gasteiger partial charge in [-0.15, -0.1) is 0 Å². The first-order valence-corrected chi connectivity index (χ1v) is 3.74. The first-order chi connectivity index (χ1) is 5.13. The Morgan fingerprint density at radius 3 is 2.45 bits per heavy atom. The zero-order valence-corrected chi connectivity index (χ0v) is 7.46. The standard InChI is InChI=1S/C8H17N3/c1-5-10-11(4)8(3)7(2)6-9/h5-10H,1H2,2-4H3. The maximum Gasteiger partial charge on any atom is 0.0334 e. The summed E-state index contributed by atoms with van der Waals surface area (Å²) in [5.74, 6) is 0.257. The van der Waals surface area contributed by atoms with Crippen LogP contribution in [-0.2, 0) is 0 Å². The van der Waals surface area contributed by atoms with E-state index in [-0.39, 0.29) is 5.92 Å². The monoisotopic (exact) mass is 155 g/mol. The molecule has 0 aromatic carbocycles. The molecule has 0 aliphatic heterocycles. The summed E-state index contributed by atoms with van der Waals surface area (Å²) in [7, 11) is 1.94. The molecule has 0 rings (SSSR count). The van der Waals surface area contributed by atoms with Gasteiger partial charge in [-0.05, 0) is 13.1 Å². The number of nitrogens with zero attached hydrogens (tertiary/aromatic N) is 1. The Morgan fingerprint density at radius 2 is 2.09 bits per heavy atom. The summed E-state index contributed by atoms with van der Waals surface area (Å²) in [4.78, 5) is 0. The lowest BCUT2D eigenvalue weighted by Gasteiger charge is -2.27. The van der Waals surface area contributed by atoms with Crippen LogP contribution < -0.4 is 5.43 Å². The van der Waals surface area contributed by atoms with E-state index in [1.807, 2.05) is 19.0 Å². The highest BCUT2D eigenvalue weighted by Gasteiger charge is 2.13. The third kappa shape index (κ3) is 3.18. The van der Waals surface area contributed by atoms with Crippen LogP contribution in [0.5, 0.6) is 0 Å². The fourth-order valence-electron chi connectivity index (χ4n) is 0.754. The lowest BCUT2D eigenvalue weighted by atomic mass is 10.1. The molecule has 0 bridgehead atoms. The van der Waals surface area contributed by atoms with Gasteiger partial charge >= 0.3 is 0 Å². The summed E-state index contributed by atoms with van der Waals surface area (Å²) in [5.41, 5.74) is 2.95. The van der Waals surface area contributed by atoms with Crippen LogP contribution in [0.25, 0.3) is 0 Å². The van der Waals surface area contributed by atoms with Crippen LogP contribution in [0, 0.1) is 11.3 Å². The Labute approximate surface area is 68.6 Å². The molecule has 0 aromatic heterocycles. The Bertz CT molecular complexity index is 133. The Balaban J connectivity index is 3.88. The quantitative estimate of drug-likeness (QED) is 0.463. The molecule has 3 heteroatoms. The maximum absolute atomic E-state index is 7.06. The van der Waals surface area contributed by atoms with Gasteiger partial charge in [0.2, 0.25) is 0 Å². The van der Waals surface area contributed by atoms with Crippen molar-refractivity contribution in [1.29, 1.82) is 5.41 Å². The molecule has 0 aliphatic carbocycles. The van der Waals surface area contributed by atoms with E-state index in [0.717, 1.165) is 0 Å². The van der Waals surface area contributed by atoms with E-state index >= 15 is 0 Å². The van der Waals surface area contributed by atoms with Crippen LogP contribution in [0.3, 0.4) is 0 Å². The minimum Gasteiger partial charge on any atom is -0.327 e. The van der Waals surface area contributed by atoms with E-state index in [1.165, 1.54) is 6.21 Å². The molecule has 2 atom stereocenters. The van der Waals surface area contributed by atoms with Crippen molar-refractivity contribution >= 4 is 6.21 Å².